The van der Waals surface area contributed by atoms with Crippen molar-refractivity contribution in [2.45, 2.75) is 431 Å². The lowest BCUT2D eigenvalue weighted by Gasteiger charge is -1.83. The SMILES string of the molecule is CC.CC.CC.CC.CC.CC.CC.CC.CC.CC.CC.CC.CC.CC.CC.CC.CC.CC.CC.CC.CC.CC.c1cc2c([nH]1)CCC2.c1cc2c(o1)CCC2.c1cc2c(s1)CCC2.c1ccc2[nH]ccc2c1.c1ccc2occc2c1.c1ccc2sccc2c1.c1ccc2scnc2c1.c1nc2c([nH]1)CCC2.c1nc2c(o1)CCC2.c1nc2c(s1)CCC2.c1nc2c(s1)SCC2. The third kappa shape index (κ3) is 66.6. The van der Waals surface area contributed by atoms with Crippen LogP contribution in [0, 0.1) is 0 Å². The van der Waals surface area contributed by atoms with Crippen LogP contribution in [0.1, 0.15) is 415 Å². The van der Waals surface area contributed by atoms with Gasteiger partial charge in [-0.2, -0.15) is 0 Å². The fourth-order valence-electron chi connectivity index (χ4n) is 11.7. The monoisotopic (exact) mass is 1990 g/mol. The highest BCUT2D eigenvalue weighted by Gasteiger charge is 2.16. The molecule has 136 heavy (non-hydrogen) atoms. The van der Waals surface area contributed by atoms with Crippen LogP contribution in [0.5, 0.6) is 0 Å². The number of thiophene rings is 2. The summed E-state index contributed by atoms with van der Waals surface area (Å²) in [7, 11) is 0. The van der Waals surface area contributed by atoms with Gasteiger partial charge < -0.3 is 28.2 Å². The van der Waals surface area contributed by atoms with Crippen LogP contribution in [0.25, 0.3) is 42.2 Å². The molecule has 0 bridgehead atoms. The number of thiazole rings is 3. The number of oxazole rings is 1. The predicted molar refractivity (Wildman–Crippen MR) is 635 cm³/mol. The van der Waals surface area contributed by atoms with Crippen LogP contribution in [0.15, 0.2) is 216 Å². The van der Waals surface area contributed by atoms with Gasteiger partial charge in [0.1, 0.15) is 17.1 Å². The highest BCUT2D eigenvalue weighted by molar-refractivity contribution is 8.01. The van der Waals surface area contributed by atoms with Crippen LogP contribution in [-0.2, 0) is 83.5 Å². The Bertz CT molecular complexity index is 3620. The number of thioether (sulfide) groups is 1. The number of aromatic nitrogens is 8. The molecule has 15 aromatic rings. The van der Waals surface area contributed by atoms with E-state index in [1.54, 1.807) is 74.6 Å². The van der Waals surface area contributed by atoms with E-state index in [9.17, 15) is 0 Å². The average molecular weight is 1990 g/mol. The summed E-state index contributed by atoms with van der Waals surface area (Å²) in [5.74, 6) is 3.56. The molecule has 12 heterocycles. The summed E-state index contributed by atoms with van der Waals surface area (Å²) >= 11 is 10.9. The molecule has 1 aliphatic heterocycles. The molecule has 0 spiro atoms. The van der Waals surface area contributed by atoms with Crippen molar-refractivity contribution in [3.8, 4) is 0 Å². The molecule has 17 heteroatoms. The normalized spacial score (nSPS) is 10.5. The first-order chi connectivity index (χ1) is 67.6. The minimum Gasteiger partial charge on any atom is -0.469 e. The molecule has 0 fully saturated rings. The van der Waals surface area contributed by atoms with E-state index in [0.717, 1.165) is 41.5 Å². The van der Waals surface area contributed by atoms with Crippen molar-refractivity contribution in [1.29, 1.82) is 0 Å². The first-order valence-electron chi connectivity index (χ1n) is 53.9. The Morgan fingerprint density at radius 1 is 0.265 bits per heavy atom. The molecule has 6 aliphatic carbocycles. The number of furan rings is 2. The van der Waals surface area contributed by atoms with E-state index < -0.39 is 0 Å². The number of hydrogen-bond acceptors (Lipinski definition) is 14. The summed E-state index contributed by atoms with van der Waals surface area (Å²) in [5.41, 5.74) is 21.5. The molecule has 0 saturated heterocycles. The van der Waals surface area contributed by atoms with Crippen molar-refractivity contribution < 1.29 is 13.3 Å². The molecule has 0 atom stereocenters. The van der Waals surface area contributed by atoms with Gasteiger partial charge in [-0.1, -0.05) is 371 Å². The molecule has 3 N–H and O–H groups in total. The summed E-state index contributed by atoms with van der Waals surface area (Å²) in [5, 5.41) is 8.10. The summed E-state index contributed by atoms with van der Waals surface area (Å²) in [4.78, 5) is 33.3. The number of fused-ring (bicyclic) bond motifs is 11. The topological polar surface area (TPSA) is 151 Å². The van der Waals surface area contributed by atoms with E-state index in [1.807, 2.05) is 417 Å². The minimum absolute atomic E-state index is 0.956. The van der Waals surface area contributed by atoms with Gasteiger partial charge in [0, 0.05) is 74.2 Å². The number of aromatic amines is 3. The fraction of sp³-hybridized carbons (Fsp3) is 0.538. The zero-order valence-corrected chi connectivity index (χ0v) is 101. The van der Waals surface area contributed by atoms with Gasteiger partial charge in [0.15, 0.2) is 6.39 Å². The Balaban J connectivity index is -0.000000135. The van der Waals surface area contributed by atoms with Gasteiger partial charge in [-0.15, -0.1) is 68.4 Å². The van der Waals surface area contributed by atoms with E-state index in [2.05, 4.69) is 123 Å². The minimum atomic E-state index is 0.956. The smallest absolute Gasteiger partial charge is 0.181 e. The maximum absolute atomic E-state index is 5.18. The van der Waals surface area contributed by atoms with Gasteiger partial charge in [0.2, 0.25) is 0 Å². The highest BCUT2D eigenvalue weighted by atomic mass is 32.2. The lowest BCUT2D eigenvalue weighted by Crippen LogP contribution is -1.77. The first-order valence-corrected chi connectivity index (χ1v) is 59.3. The van der Waals surface area contributed by atoms with Crippen LogP contribution < -0.4 is 0 Å². The predicted octanol–water partition coefficient (Wildman–Crippen LogP) is 43.4. The van der Waals surface area contributed by atoms with Crippen LogP contribution in [0.2, 0.25) is 0 Å². The molecule has 4 aromatic carbocycles. The molecular formula is C119H208N8O3S6. The number of rotatable bonds is 0. The highest BCUT2D eigenvalue weighted by Crippen LogP contribution is 2.34. The molecule has 11 aromatic heterocycles. The largest absolute Gasteiger partial charge is 0.469 e. The van der Waals surface area contributed by atoms with Crippen LogP contribution in [0.3, 0.4) is 0 Å². The van der Waals surface area contributed by atoms with Crippen molar-refractivity contribution in [2.75, 3.05) is 5.75 Å². The van der Waals surface area contributed by atoms with E-state index in [1.165, 1.54) is 201 Å². The number of nitrogens with zero attached hydrogens (tertiary/aromatic N) is 5. The fourth-order valence-corrected chi connectivity index (χ4v) is 17.0. The van der Waals surface area contributed by atoms with Crippen molar-refractivity contribution in [1.82, 2.24) is 39.9 Å². The Hall–Kier alpha value is -7.90. The summed E-state index contributed by atoms with van der Waals surface area (Å²) in [6.45, 7) is 88.0. The lowest BCUT2D eigenvalue weighted by atomic mass is 10.3. The number of H-pyrrole nitrogens is 3. The van der Waals surface area contributed by atoms with Gasteiger partial charge in [0.25, 0.3) is 0 Å². The van der Waals surface area contributed by atoms with Crippen molar-refractivity contribution in [2.24, 2.45) is 0 Å². The quantitative estimate of drug-likeness (QED) is 0.135. The Morgan fingerprint density at radius 2 is 0.735 bits per heavy atom. The summed E-state index contributed by atoms with van der Waals surface area (Å²) < 4.78 is 19.4. The third-order valence-corrected chi connectivity index (χ3v) is 22.4. The second kappa shape index (κ2) is 123. The molecule has 778 valence electrons. The van der Waals surface area contributed by atoms with Gasteiger partial charge in [-0.3, -0.25) is 0 Å². The maximum atomic E-state index is 5.18. The average Bonchev–Trinajstić information content (AvgIpc) is 1.73. The van der Waals surface area contributed by atoms with E-state index >= 15 is 0 Å². The summed E-state index contributed by atoms with van der Waals surface area (Å²) in [6.07, 6.45) is 34.5. The molecule has 22 rings (SSSR count). The number of aryl methyl sites for hydroxylation is 13. The molecule has 0 saturated carbocycles. The molecule has 0 radical (unpaired) electrons. The van der Waals surface area contributed by atoms with Crippen molar-refractivity contribution in [3.63, 3.8) is 0 Å². The van der Waals surface area contributed by atoms with E-state index in [0.29, 0.717) is 0 Å². The number of imidazole rings is 1. The number of hydrogen-bond donors (Lipinski definition) is 3. The Kier molecular flexibility index (Phi) is 137. The van der Waals surface area contributed by atoms with E-state index in [-0.39, 0.29) is 0 Å². The van der Waals surface area contributed by atoms with Crippen LogP contribution >= 0.6 is 68.4 Å². The first kappa shape index (κ1) is 151. The maximum Gasteiger partial charge on any atom is 0.181 e. The number of para-hydroxylation sites is 3. The lowest BCUT2D eigenvalue weighted by molar-refractivity contribution is 0.508. The summed E-state index contributed by atoms with van der Waals surface area (Å²) in [6, 6.07) is 45.4. The zero-order valence-electron chi connectivity index (χ0n) is 95.6. The van der Waals surface area contributed by atoms with Crippen LogP contribution in [0.4, 0.5) is 0 Å². The number of benzene rings is 4. The Labute approximate surface area is 864 Å². The molecular weight excluding hydrogens is 1780 g/mol. The number of nitrogens with one attached hydrogen (secondary N) is 3. The van der Waals surface area contributed by atoms with Crippen molar-refractivity contribution in [3.05, 3.63) is 271 Å². The van der Waals surface area contributed by atoms with Crippen LogP contribution in [-0.4, -0.2) is 45.6 Å². The second-order valence-corrected chi connectivity index (χ2v) is 28.6. The second-order valence-electron chi connectivity index (χ2n) is 22.6. The zero-order chi connectivity index (χ0) is 106. The van der Waals surface area contributed by atoms with Gasteiger partial charge in [-0.05, 0) is 208 Å². The van der Waals surface area contributed by atoms with E-state index in [4.69, 9.17) is 13.3 Å². The standard InChI is InChI=1S/C8H7N.C8H6O.C8H6S.C7H5NS.C7H9N.C7H8O.C7H8S.C6H8N2.C6H7NO.C6H7NS.C5H5NS2.22C2H6/c3*1-2-4-8-7(3-1)5-6-9-8;1-2-4-7-6(3-1)8-5-9-7;3*1-2-6-4-5-8-7(6)3-1;3*1-2-5-6(3-1)8-4-7-5;1-2-7-5-4(1)6-3-8-5;22*1-2/h1-6,9H;2*1-6H;1-5H;4-5,8H,1-3H2;2*4-5H,1-3H2;4H,1-3H2,(H,7,8);2*4H,1-3H2;3H,1-2H2;22*1-2H3. The Morgan fingerprint density at radius 3 is 1.31 bits per heavy atom. The van der Waals surface area contributed by atoms with Gasteiger partial charge in [0.05, 0.1) is 72.6 Å². The van der Waals surface area contributed by atoms with Gasteiger partial charge >= 0.3 is 0 Å². The van der Waals surface area contributed by atoms with Crippen molar-refractivity contribution >= 4 is 111 Å². The molecule has 0 amide bonds. The molecule has 7 aliphatic rings. The molecule has 11 nitrogen and oxygen atoms in total. The van der Waals surface area contributed by atoms with Gasteiger partial charge in [-0.25, -0.2) is 24.9 Å². The molecule has 0 unspecified atom stereocenters. The third-order valence-electron chi connectivity index (χ3n) is 16.5.